The minimum atomic E-state index is -0.604. The first-order valence-electron chi connectivity index (χ1n) is 14.2. The van der Waals surface area contributed by atoms with Gasteiger partial charge in [-0.1, -0.05) is 74.0 Å². The average molecular weight is 552 g/mol. The van der Waals surface area contributed by atoms with Gasteiger partial charge in [0.1, 0.15) is 29.4 Å². The van der Waals surface area contributed by atoms with Crippen molar-refractivity contribution in [3.63, 3.8) is 0 Å². The summed E-state index contributed by atoms with van der Waals surface area (Å²) in [5, 5.41) is 4.16. The second-order valence-corrected chi connectivity index (χ2v) is 11.8. The number of rotatable bonds is 10. The summed E-state index contributed by atoms with van der Waals surface area (Å²) in [5.41, 5.74) is 3.27. The summed E-state index contributed by atoms with van der Waals surface area (Å²) in [6.45, 7) is 5.77. The predicted molar refractivity (Wildman–Crippen MR) is 155 cm³/mol. The van der Waals surface area contributed by atoms with E-state index in [4.69, 9.17) is 25.8 Å². The Kier molecular flexibility index (Phi) is 9.11. The predicted octanol–water partition coefficient (Wildman–Crippen LogP) is 8.88. The molecular formula is C33H39ClFNO3. The molecule has 1 heterocycles. The number of nitrogens with one attached hydrogen (secondary N) is 1. The van der Waals surface area contributed by atoms with Crippen molar-refractivity contribution in [1.82, 2.24) is 0 Å². The SMILES string of the molecule is CC1(C)Oc2ccc(NCc3ccc(F)cc3)cc2C(OCCC2CCCCC2)C1OCc1ccccc1Cl. The fraction of sp³-hybridized carbons (Fsp3) is 0.455. The molecule has 1 aliphatic heterocycles. The summed E-state index contributed by atoms with van der Waals surface area (Å²) in [4.78, 5) is 0. The summed E-state index contributed by atoms with van der Waals surface area (Å²) < 4.78 is 33.1. The summed E-state index contributed by atoms with van der Waals surface area (Å²) in [5.74, 6) is 1.31. The van der Waals surface area contributed by atoms with E-state index in [-0.39, 0.29) is 18.0 Å². The third-order valence-corrected chi connectivity index (χ3v) is 8.35. The zero-order chi connectivity index (χ0) is 27.2. The number of ether oxygens (including phenoxy) is 3. The Morgan fingerprint density at radius 2 is 1.74 bits per heavy atom. The standard InChI is InChI=1S/C33H39ClFNO3/c1-33(2)32(38-22-25-10-6-7-11-29(25)34)31(37-19-18-23-8-4-3-5-9-23)28-20-27(16-17-30(28)39-33)36-21-24-12-14-26(35)15-13-24/h6-7,10-17,20,23,31-32,36H,3-5,8-9,18-19,21-22H2,1-2H3. The molecule has 2 aliphatic rings. The largest absolute Gasteiger partial charge is 0.485 e. The van der Waals surface area contributed by atoms with Crippen LogP contribution in [0.2, 0.25) is 5.02 Å². The fourth-order valence-electron chi connectivity index (χ4n) is 5.75. The molecule has 3 aromatic rings. The molecule has 39 heavy (non-hydrogen) atoms. The van der Waals surface area contributed by atoms with E-state index in [2.05, 4.69) is 25.2 Å². The van der Waals surface area contributed by atoms with Gasteiger partial charge in [-0.2, -0.15) is 0 Å². The van der Waals surface area contributed by atoms with E-state index < -0.39 is 5.60 Å². The normalized spacial score (nSPS) is 20.7. The second-order valence-electron chi connectivity index (χ2n) is 11.3. The number of fused-ring (bicyclic) bond motifs is 1. The van der Waals surface area contributed by atoms with Crippen LogP contribution in [0.5, 0.6) is 5.75 Å². The number of hydrogen-bond acceptors (Lipinski definition) is 4. The molecule has 0 radical (unpaired) electrons. The van der Waals surface area contributed by atoms with Gasteiger partial charge < -0.3 is 19.5 Å². The van der Waals surface area contributed by atoms with E-state index in [0.717, 1.165) is 40.5 Å². The van der Waals surface area contributed by atoms with Crippen LogP contribution in [0.3, 0.4) is 0 Å². The van der Waals surface area contributed by atoms with Crippen molar-refractivity contribution in [3.05, 3.63) is 94.3 Å². The molecule has 0 amide bonds. The van der Waals surface area contributed by atoms with Crippen molar-refractivity contribution in [3.8, 4) is 5.75 Å². The summed E-state index contributed by atoms with van der Waals surface area (Å²) in [6, 6.07) is 20.4. The maximum Gasteiger partial charge on any atom is 0.132 e. The van der Waals surface area contributed by atoms with Gasteiger partial charge >= 0.3 is 0 Å². The van der Waals surface area contributed by atoms with Crippen LogP contribution in [-0.2, 0) is 22.6 Å². The van der Waals surface area contributed by atoms with Crippen LogP contribution in [0.4, 0.5) is 10.1 Å². The molecular weight excluding hydrogens is 513 g/mol. The molecule has 0 spiro atoms. The Labute approximate surface area is 236 Å². The van der Waals surface area contributed by atoms with Crippen molar-refractivity contribution < 1.29 is 18.6 Å². The van der Waals surface area contributed by atoms with E-state index >= 15 is 0 Å². The average Bonchev–Trinajstić information content (AvgIpc) is 2.93. The van der Waals surface area contributed by atoms with Gasteiger partial charge in [-0.3, -0.25) is 0 Å². The minimum absolute atomic E-state index is 0.233. The van der Waals surface area contributed by atoms with Crippen molar-refractivity contribution in [2.24, 2.45) is 5.92 Å². The van der Waals surface area contributed by atoms with Crippen LogP contribution in [0.1, 0.15) is 75.2 Å². The Bertz CT molecular complexity index is 1230. The Morgan fingerprint density at radius 1 is 0.974 bits per heavy atom. The molecule has 1 fully saturated rings. The van der Waals surface area contributed by atoms with Gasteiger partial charge in [0.05, 0.1) is 6.61 Å². The van der Waals surface area contributed by atoms with E-state index in [9.17, 15) is 4.39 Å². The van der Waals surface area contributed by atoms with Crippen LogP contribution < -0.4 is 10.1 Å². The highest BCUT2D eigenvalue weighted by molar-refractivity contribution is 6.31. The molecule has 1 aliphatic carbocycles. The first-order chi connectivity index (χ1) is 18.9. The summed E-state index contributed by atoms with van der Waals surface area (Å²) >= 11 is 6.44. The Hall–Kier alpha value is -2.60. The van der Waals surface area contributed by atoms with Gasteiger partial charge in [0.25, 0.3) is 0 Å². The third-order valence-electron chi connectivity index (χ3n) is 7.98. The first-order valence-corrected chi connectivity index (χ1v) is 14.5. The van der Waals surface area contributed by atoms with E-state index in [1.54, 1.807) is 12.1 Å². The maximum absolute atomic E-state index is 13.3. The monoisotopic (exact) mass is 551 g/mol. The lowest BCUT2D eigenvalue weighted by molar-refractivity contribution is -0.168. The second kappa shape index (κ2) is 12.7. The lowest BCUT2D eigenvalue weighted by atomic mass is 9.86. The summed E-state index contributed by atoms with van der Waals surface area (Å²) in [6.07, 6.45) is 7.03. The van der Waals surface area contributed by atoms with Gasteiger partial charge in [0.15, 0.2) is 0 Å². The number of anilines is 1. The lowest BCUT2D eigenvalue weighted by Gasteiger charge is -2.44. The molecule has 6 heteroatoms. The number of benzene rings is 3. The van der Waals surface area contributed by atoms with Crippen LogP contribution in [-0.4, -0.2) is 18.3 Å². The molecule has 1 N–H and O–H groups in total. The number of halogens is 2. The van der Waals surface area contributed by atoms with Gasteiger partial charge in [0, 0.05) is 29.4 Å². The fourth-order valence-corrected chi connectivity index (χ4v) is 5.94. The Balaban J connectivity index is 1.37. The highest BCUT2D eigenvalue weighted by Crippen LogP contribution is 2.45. The Morgan fingerprint density at radius 3 is 2.51 bits per heavy atom. The van der Waals surface area contributed by atoms with Crippen molar-refractivity contribution >= 4 is 17.3 Å². The maximum atomic E-state index is 13.3. The molecule has 0 saturated heterocycles. The van der Waals surface area contributed by atoms with Crippen molar-refractivity contribution in [2.45, 2.75) is 83.3 Å². The zero-order valence-electron chi connectivity index (χ0n) is 22.9. The first kappa shape index (κ1) is 27.9. The van der Waals surface area contributed by atoms with Gasteiger partial charge in [-0.25, -0.2) is 4.39 Å². The molecule has 2 unspecified atom stereocenters. The van der Waals surface area contributed by atoms with Crippen LogP contribution in [0.15, 0.2) is 66.7 Å². The van der Waals surface area contributed by atoms with Crippen molar-refractivity contribution in [1.29, 1.82) is 0 Å². The molecule has 1 saturated carbocycles. The van der Waals surface area contributed by atoms with Crippen LogP contribution >= 0.6 is 11.6 Å². The molecule has 0 bridgehead atoms. The van der Waals surface area contributed by atoms with E-state index in [1.165, 1.54) is 44.2 Å². The topological polar surface area (TPSA) is 39.7 Å². The highest BCUT2D eigenvalue weighted by Gasteiger charge is 2.46. The van der Waals surface area contributed by atoms with E-state index in [0.29, 0.717) is 24.8 Å². The van der Waals surface area contributed by atoms with Crippen LogP contribution in [0, 0.1) is 11.7 Å². The molecule has 208 valence electrons. The molecule has 3 aromatic carbocycles. The van der Waals surface area contributed by atoms with Crippen molar-refractivity contribution in [2.75, 3.05) is 11.9 Å². The molecule has 2 atom stereocenters. The highest BCUT2D eigenvalue weighted by atomic mass is 35.5. The summed E-state index contributed by atoms with van der Waals surface area (Å²) in [7, 11) is 0. The van der Waals surface area contributed by atoms with Crippen LogP contribution in [0.25, 0.3) is 0 Å². The quantitative estimate of drug-likeness (QED) is 0.273. The smallest absolute Gasteiger partial charge is 0.132 e. The lowest BCUT2D eigenvalue weighted by Crippen LogP contribution is -2.51. The minimum Gasteiger partial charge on any atom is -0.485 e. The van der Waals surface area contributed by atoms with E-state index in [1.807, 2.05) is 36.4 Å². The third kappa shape index (κ3) is 7.13. The molecule has 5 rings (SSSR count). The molecule has 4 nitrogen and oxygen atoms in total. The van der Waals surface area contributed by atoms with Gasteiger partial charge in [-0.15, -0.1) is 0 Å². The van der Waals surface area contributed by atoms with Gasteiger partial charge in [0.2, 0.25) is 0 Å². The van der Waals surface area contributed by atoms with Gasteiger partial charge in [-0.05, 0) is 73.7 Å². The zero-order valence-corrected chi connectivity index (χ0v) is 23.7. The molecule has 0 aromatic heterocycles. The number of hydrogen-bond donors (Lipinski definition) is 1.